The fraction of sp³-hybridized carbons (Fsp3) is 0.0769. The number of hydrogen-bond donors (Lipinski definition) is 1. The maximum atomic E-state index is 12.0. The van der Waals surface area contributed by atoms with Gasteiger partial charge in [-0.05, 0) is 48.2 Å². The summed E-state index contributed by atoms with van der Waals surface area (Å²) >= 11 is 3.18. The Morgan fingerprint density at radius 1 is 0.864 bits per heavy atom. The molecule has 1 N–H and O–H groups in total. The van der Waals surface area contributed by atoms with Crippen LogP contribution in [0.5, 0.6) is 0 Å². The summed E-state index contributed by atoms with van der Waals surface area (Å²) in [4.78, 5) is 4.72. The third kappa shape index (κ3) is 4.14. The van der Waals surface area contributed by atoms with Crippen LogP contribution in [0.25, 0.3) is 0 Å². The topological polar surface area (TPSA) is 94.4 Å². The molecule has 0 aliphatic carbocycles. The molecule has 0 bridgehead atoms. The predicted octanol–water partition coefficient (Wildman–Crippen LogP) is 1.94. The summed E-state index contributed by atoms with van der Waals surface area (Å²) in [5, 5.41) is 0. The molecule has 0 heterocycles. The molecule has 0 saturated carbocycles. The maximum absolute atomic E-state index is 12.0. The van der Waals surface area contributed by atoms with E-state index in [1.807, 2.05) is 6.92 Å². The highest BCUT2D eigenvalue weighted by atomic mass is 79.9. The van der Waals surface area contributed by atoms with Gasteiger partial charge >= 0.3 is 0 Å². The molecule has 2 aromatic rings. The van der Waals surface area contributed by atoms with Crippen LogP contribution in [0.3, 0.4) is 0 Å². The molecule has 6 nitrogen and oxygen atoms in total. The highest BCUT2D eigenvalue weighted by molar-refractivity contribution is 9.10. The Kier molecular flexibility index (Phi) is 5.03. The Hall–Kier alpha value is -1.26. The van der Waals surface area contributed by atoms with Crippen molar-refractivity contribution >= 4 is 36.0 Å². The van der Waals surface area contributed by atoms with Crippen molar-refractivity contribution in [2.75, 3.05) is 0 Å². The zero-order chi connectivity index (χ0) is 16.4. The molecule has 0 saturated heterocycles. The molecule has 117 valence electrons. The first kappa shape index (κ1) is 17.1. The molecule has 0 unspecified atom stereocenters. The van der Waals surface area contributed by atoms with E-state index < -0.39 is 20.0 Å². The summed E-state index contributed by atoms with van der Waals surface area (Å²) in [6.07, 6.45) is 0. The van der Waals surface area contributed by atoms with Gasteiger partial charge in [-0.1, -0.05) is 33.6 Å². The van der Waals surface area contributed by atoms with Crippen molar-refractivity contribution in [1.82, 2.24) is 9.66 Å². The number of sulfonamides is 2. The summed E-state index contributed by atoms with van der Waals surface area (Å²) in [7, 11) is -8.14. The van der Waals surface area contributed by atoms with Gasteiger partial charge in [-0.3, -0.25) is 0 Å². The molecule has 0 atom stereocenters. The summed E-state index contributed by atoms with van der Waals surface area (Å²) in [5.74, 6) is 0. The minimum Gasteiger partial charge on any atom is -0.206 e. The number of nitrogens with zero attached hydrogens (tertiary/aromatic N) is 1. The van der Waals surface area contributed by atoms with Crippen molar-refractivity contribution in [2.45, 2.75) is 16.7 Å². The molecule has 1 radical (unpaired) electrons. The van der Waals surface area contributed by atoms with Gasteiger partial charge in [0.2, 0.25) is 0 Å². The quantitative estimate of drug-likeness (QED) is 0.771. The Labute approximate surface area is 137 Å². The fourth-order valence-corrected chi connectivity index (χ4v) is 3.76. The molecule has 0 spiro atoms. The van der Waals surface area contributed by atoms with Gasteiger partial charge < -0.3 is 0 Å². The van der Waals surface area contributed by atoms with E-state index in [0.29, 0.717) is 4.47 Å². The van der Waals surface area contributed by atoms with Gasteiger partial charge in [-0.2, -0.15) is 0 Å². The van der Waals surface area contributed by atoms with Crippen LogP contribution in [0.4, 0.5) is 0 Å². The standard InChI is InChI=1S/C13H12BrN2O4S2/c1-10-2-6-12(7-3-10)21(17,18)15-16-22(19,20)13-8-4-11(14)5-9-13/h2-9,15H,1H3. The van der Waals surface area contributed by atoms with Crippen LogP contribution in [0.1, 0.15) is 5.56 Å². The first-order valence-electron chi connectivity index (χ1n) is 6.02. The maximum Gasteiger partial charge on any atom is 0.272 e. The second kappa shape index (κ2) is 6.47. The number of benzene rings is 2. The van der Waals surface area contributed by atoms with Gasteiger partial charge in [0.15, 0.2) is 0 Å². The van der Waals surface area contributed by atoms with Gasteiger partial charge in [-0.25, -0.2) is 16.8 Å². The van der Waals surface area contributed by atoms with Gasteiger partial charge in [-0.15, -0.1) is 4.83 Å². The lowest BCUT2D eigenvalue weighted by atomic mass is 10.2. The lowest BCUT2D eigenvalue weighted by molar-refractivity contribution is 0.555. The second-order valence-corrected chi connectivity index (χ2v) is 8.61. The fourth-order valence-electron chi connectivity index (χ4n) is 1.53. The van der Waals surface area contributed by atoms with Crippen LogP contribution in [0, 0.1) is 6.92 Å². The van der Waals surface area contributed by atoms with Gasteiger partial charge in [0.25, 0.3) is 20.0 Å². The predicted molar refractivity (Wildman–Crippen MR) is 85.0 cm³/mol. The second-order valence-electron chi connectivity index (χ2n) is 4.43. The molecule has 0 amide bonds. The minimum absolute atomic E-state index is 0.0622. The molecule has 22 heavy (non-hydrogen) atoms. The van der Waals surface area contributed by atoms with E-state index in [4.69, 9.17) is 0 Å². The summed E-state index contributed by atoms with van der Waals surface area (Å²) in [5.41, 5.74) is 0.887. The van der Waals surface area contributed by atoms with Crippen molar-refractivity contribution in [3.63, 3.8) is 0 Å². The third-order valence-corrected chi connectivity index (χ3v) is 5.79. The zero-order valence-electron chi connectivity index (χ0n) is 11.4. The monoisotopic (exact) mass is 403 g/mol. The molecule has 0 aliphatic rings. The number of halogens is 1. The average molecular weight is 404 g/mol. The van der Waals surface area contributed by atoms with Crippen LogP contribution in [-0.2, 0) is 20.0 Å². The van der Waals surface area contributed by atoms with Crippen molar-refractivity contribution in [2.24, 2.45) is 0 Å². The normalized spacial score (nSPS) is 12.3. The van der Waals surface area contributed by atoms with Crippen LogP contribution < -0.4 is 9.66 Å². The highest BCUT2D eigenvalue weighted by Crippen LogP contribution is 2.15. The van der Waals surface area contributed by atoms with E-state index in [0.717, 1.165) is 5.56 Å². The van der Waals surface area contributed by atoms with Crippen molar-refractivity contribution in [3.8, 4) is 0 Å². The number of rotatable bonds is 5. The van der Waals surface area contributed by atoms with Gasteiger partial charge in [0.05, 0.1) is 9.79 Å². The lowest BCUT2D eigenvalue weighted by Gasteiger charge is -2.07. The Balaban J connectivity index is 2.17. The number of hydrogen-bond acceptors (Lipinski definition) is 4. The number of aryl methyl sites for hydroxylation is 1. The molecule has 2 aromatic carbocycles. The van der Waals surface area contributed by atoms with Gasteiger partial charge in [0, 0.05) is 4.47 Å². The Bertz CT molecular complexity index is 786. The van der Waals surface area contributed by atoms with E-state index in [1.54, 1.807) is 17.0 Å². The first-order valence-corrected chi connectivity index (χ1v) is 9.73. The summed E-state index contributed by atoms with van der Waals surface area (Å²) in [6, 6.07) is 11.7. The largest absolute Gasteiger partial charge is 0.272 e. The van der Waals surface area contributed by atoms with Crippen molar-refractivity contribution < 1.29 is 16.8 Å². The van der Waals surface area contributed by atoms with E-state index in [2.05, 4.69) is 20.8 Å². The van der Waals surface area contributed by atoms with Crippen molar-refractivity contribution in [3.05, 3.63) is 58.6 Å². The minimum atomic E-state index is -4.11. The van der Waals surface area contributed by atoms with E-state index >= 15 is 0 Å². The molecule has 9 heteroatoms. The Morgan fingerprint density at radius 2 is 1.36 bits per heavy atom. The van der Waals surface area contributed by atoms with E-state index in [-0.39, 0.29) is 9.79 Å². The summed E-state index contributed by atoms with van der Waals surface area (Å²) in [6.45, 7) is 1.81. The molecule has 2 rings (SSSR count). The van der Waals surface area contributed by atoms with Crippen molar-refractivity contribution in [1.29, 1.82) is 0 Å². The Morgan fingerprint density at radius 3 is 1.91 bits per heavy atom. The molecular formula is C13H12BrN2O4S2. The molecular weight excluding hydrogens is 392 g/mol. The van der Waals surface area contributed by atoms with Crippen LogP contribution >= 0.6 is 15.9 Å². The van der Waals surface area contributed by atoms with Crippen LogP contribution in [-0.4, -0.2) is 16.8 Å². The number of nitrogens with one attached hydrogen (secondary N) is 1. The summed E-state index contributed by atoms with van der Waals surface area (Å²) < 4.78 is 48.6. The molecule has 0 aliphatic heterocycles. The first-order chi connectivity index (χ1) is 10.2. The van der Waals surface area contributed by atoms with Crippen LogP contribution in [0.2, 0.25) is 0 Å². The SMILES string of the molecule is Cc1ccc(S(=O)(=O)N[N]S(=O)(=O)c2ccc(Br)cc2)cc1. The molecule has 0 aromatic heterocycles. The van der Waals surface area contributed by atoms with Crippen LogP contribution in [0.15, 0.2) is 62.8 Å². The molecule has 0 fully saturated rings. The van der Waals surface area contributed by atoms with E-state index in [1.165, 1.54) is 36.4 Å². The van der Waals surface area contributed by atoms with Gasteiger partial charge in [0.1, 0.15) is 0 Å². The van der Waals surface area contributed by atoms with E-state index in [9.17, 15) is 16.8 Å². The zero-order valence-corrected chi connectivity index (χ0v) is 14.6. The average Bonchev–Trinajstić information content (AvgIpc) is 2.46. The highest BCUT2D eigenvalue weighted by Gasteiger charge is 2.21. The smallest absolute Gasteiger partial charge is 0.206 e. The third-order valence-electron chi connectivity index (χ3n) is 2.72. The lowest BCUT2D eigenvalue weighted by Crippen LogP contribution is -2.35.